The van der Waals surface area contributed by atoms with Gasteiger partial charge in [-0.3, -0.25) is 9.67 Å². The standard InChI is InChI=1S/C19H34N6O2/c1-14-12-15(2)25(23-14)10-7-9-21-17(20-6)24-11-8-16(13-24)22-18(26)27-19(3,4)5/h12,16H,7-11,13H2,1-6H3,(H,20,21)(H,22,26). The van der Waals surface area contributed by atoms with E-state index in [1.54, 1.807) is 7.05 Å². The van der Waals surface area contributed by atoms with Crippen LogP contribution in [0, 0.1) is 13.8 Å². The van der Waals surface area contributed by atoms with Gasteiger partial charge in [0, 0.05) is 38.9 Å². The molecule has 1 atom stereocenters. The van der Waals surface area contributed by atoms with Crippen molar-refractivity contribution in [1.29, 1.82) is 0 Å². The van der Waals surface area contributed by atoms with Crippen molar-refractivity contribution in [1.82, 2.24) is 25.3 Å². The van der Waals surface area contributed by atoms with E-state index in [1.807, 2.05) is 32.4 Å². The van der Waals surface area contributed by atoms with Crippen LogP contribution in [0.1, 0.15) is 45.0 Å². The van der Waals surface area contributed by atoms with E-state index in [2.05, 4.69) is 38.6 Å². The molecule has 0 saturated carbocycles. The number of guanidine groups is 1. The Kier molecular flexibility index (Phi) is 7.10. The van der Waals surface area contributed by atoms with E-state index in [9.17, 15) is 4.79 Å². The number of hydrogen-bond acceptors (Lipinski definition) is 4. The van der Waals surface area contributed by atoms with E-state index in [-0.39, 0.29) is 12.1 Å². The molecule has 1 aromatic heterocycles. The third-order valence-electron chi connectivity index (χ3n) is 4.35. The summed E-state index contributed by atoms with van der Waals surface area (Å²) in [5.41, 5.74) is 1.76. The minimum absolute atomic E-state index is 0.0769. The first-order chi connectivity index (χ1) is 12.7. The Balaban J connectivity index is 1.73. The van der Waals surface area contributed by atoms with E-state index in [0.717, 1.165) is 50.7 Å². The van der Waals surface area contributed by atoms with Crippen LogP contribution in [0.15, 0.2) is 11.1 Å². The van der Waals surface area contributed by atoms with Crippen LogP contribution in [-0.4, -0.2) is 65.1 Å². The molecule has 1 aliphatic heterocycles. The molecule has 1 amide bonds. The van der Waals surface area contributed by atoms with Crippen LogP contribution in [-0.2, 0) is 11.3 Å². The summed E-state index contributed by atoms with van der Waals surface area (Å²) in [4.78, 5) is 18.5. The maximum Gasteiger partial charge on any atom is 0.407 e. The van der Waals surface area contributed by atoms with Gasteiger partial charge in [-0.2, -0.15) is 5.10 Å². The summed E-state index contributed by atoms with van der Waals surface area (Å²) in [6, 6.07) is 2.17. The minimum atomic E-state index is -0.481. The van der Waals surface area contributed by atoms with Crippen molar-refractivity contribution in [2.75, 3.05) is 26.7 Å². The molecular formula is C19H34N6O2. The highest BCUT2D eigenvalue weighted by Crippen LogP contribution is 2.12. The van der Waals surface area contributed by atoms with Gasteiger partial charge in [-0.1, -0.05) is 0 Å². The molecule has 2 heterocycles. The van der Waals surface area contributed by atoms with Gasteiger partial charge in [0.15, 0.2) is 5.96 Å². The average molecular weight is 379 g/mol. The smallest absolute Gasteiger partial charge is 0.407 e. The highest BCUT2D eigenvalue weighted by molar-refractivity contribution is 5.80. The second-order valence-corrected chi connectivity index (χ2v) is 8.06. The SMILES string of the molecule is CN=C(NCCCn1nc(C)cc1C)N1CCC(NC(=O)OC(C)(C)C)C1. The van der Waals surface area contributed by atoms with Gasteiger partial charge in [-0.05, 0) is 53.5 Å². The van der Waals surface area contributed by atoms with Crippen LogP contribution in [0.5, 0.6) is 0 Å². The van der Waals surface area contributed by atoms with Crippen molar-refractivity contribution >= 4 is 12.1 Å². The summed E-state index contributed by atoms with van der Waals surface area (Å²) < 4.78 is 7.37. The van der Waals surface area contributed by atoms with E-state index in [1.165, 1.54) is 5.69 Å². The first kappa shape index (κ1) is 21.1. The van der Waals surface area contributed by atoms with Gasteiger partial charge in [-0.25, -0.2) is 4.79 Å². The van der Waals surface area contributed by atoms with Crippen LogP contribution in [0.4, 0.5) is 4.79 Å². The van der Waals surface area contributed by atoms with E-state index in [4.69, 9.17) is 4.74 Å². The molecule has 152 valence electrons. The number of carbonyl (C=O) groups excluding carboxylic acids is 1. The Morgan fingerprint density at radius 2 is 2.15 bits per heavy atom. The summed E-state index contributed by atoms with van der Waals surface area (Å²) in [5.74, 6) is 0.872. The van der Waals surface area contributed by atoms with Crippen LogP contribution in [0.2, 0.25) is 0 Å². The Labute approximate surface area is 162 Å². The molecule has 0 radical (unpaired) electrons. The molecule has 0 spiro atoms. The topological polar surface area (TPSA) is 83.8 Å². The van der Waals surface area contributed by atoms with Crippen molar-refractivity contribution in [3.05, 3.63) is 17.5 Å². The van der Waals surface area contributed by atoms with Gasteiger partial charge in [0.2, 0.25) is 0 Å². The number of nitrogens with zero attached hydrogens (tertiary/aromatic N) is 4. The number of amides is 1. The predicted molar refractivity (Wildman–Crippen MR) is 107 cm³/mol. The summed E-state index contributed by atoms with van der Waals surface area (Å²) in [7, 11) is 1.79. The number of alkyl carbamates (subject to hydrolysis) is 1. The summed E-state index contributed by atoms with van der Waals surface area (Å²) in [6.45, 7) is 13.0. The van der Waals surface area contributed by atoms with Crippen LogP contribution in [0.3, 0.4) is 0 Å². The lowest BCUT2D eigenvalue weighted by atomic mass is 10.2. The highest BCUT2D eigenvalue weighted by Gasteiger charge is 2.27. The zero-order valence-electron chi connectivity index (χ0n) is 17.5. The van der Waals surface area contributed by atoms with Crippen molar-refractivity contribution in [2.24, 2.45) is 4.99 Å². The quantitative estimate of drug-likeness (QED) is 0.465. The molecule has 2 rings (SSSR count). The molecule has 0 aromatic carbocycles. The van der Waals surface area contributed by atoms with Gasteiger partial charge in [0.05, 0.1) is 11.7 Å². The number of likely N-dealkylation sites (tertiary alicyclic amines) is 1. The molecule has 27 heavy (non-hydrogen) atoms. The van der Waals surface area contributed by atoms with Gasteiger partial charge < -0.3 is 20.3 Å². The largest absolute Gasteiger partial charge is 0.444 e. The lowest BCUT2D eigenvalue weighted by Gasteiger charge is -2.23. The molecule has 1 aliphatic rings. The van der Waals surface area contributed by atoms with Crippen LogP contribution < -0.4 is 10.6 Å². The monoisotopic (exact) mass is 378 g/mol. The number of nitrogens with one attached hydrogen (secondary N) is 2. The van der Waals surface area contributed by atoms with Crippen LogP contribution in [0.25, 0.3) is 0 Å². The molecule has 8 nitrogen and oxygen atoms in total. The molecule has 1 unspecified atom stereocenters. The maximum absolute atomic E-state index is 11.9. The van der Waals surface area contributed by atoms with Crippen molar-refractivity contribution < 1.29 is 9.53 Å². The highest BCUT2D eigenvalue weighted by atomic mass is 16.6. The number of hydrogen-bond donors (Lipinski definition) is 2. The van der Waals surface area contributed by atoms with E-state index in [0.29, 0.717) is 0 Å². The molecule has 1 saturated heterocycles. The first-order valence-corrected chi connectivity index (χ1v) is 9.64. The van der Waals surface area contributed by atoms with Gasteiger partial charge in [-0.15, -0.1) is 0 Å². The van der Waals surface area contributed by atoms with Crippen molar-refractivity contribution in [3.63, 3.8) is 0 Å². The number of aryl methyl sites for hydroxylation is 3. The summed E-state index contributed by atoms with van der Waals surface area (Å²) in [6.07, 6.45) is 1.49. The minimum Gasteiger partial charge on any atom is -0.444 e. The maximum atomic E-state index is 11.9. The van der Waals surface area contributed by atoms with Gasteiger partial charge >= 0.3 is 6.09 Å². The molecule has 1 fully saturated rings. The molecule has 0 aliphatic carbocycles. The van der Waals surface area contributed by atoms with Crippen molar-refractivity contribution in [2.45, 2.75) is 65.6 Å². The fourth-order valence-electron chi connectivity index (χ4n) is 3.21. The molecule has 1 aromatic rings. The number of ether oxygens (including phenoxy) is 1. The Morgan fingerprint density at radius 3 is 2.74 bits per heavy atom. The molecular weight excluding hydrogens is 344 g/mol. The summed E-state index contributed by atoms with van der Waals surface area (Å²) in [5, 5.41) is 10.8. The lowest BCUT2D eigenvalue weighted by molar-refractivity contribution is 0.0507. The number of aromatic nitrogens is 2. The third kappa shape index (κ3) is 6.77. The zero-order chi connectivity index (χ0) is 20.0. The molecule has 2 N–H and O–H groups in total. The number of rotatable bonds is 5. The number of aliphatic imine (C=N–C) groups is 1. The van der Waals surface area contributed by atoms with Gasteiger partial charge in [0.25, 0.3) is 0 Å². The number of carbonyl (C=O) groups is 1. The zero-order valence-corrected chi connectivity index (χ0v) is 17.5. The Hall–Kier alpha value is -2.25. The fraction of sp³-hybridized carbons (Fsp3) is 0.737. The Bertz CT molecular complexity index is 662. The average Bonchev–Trinajstić information content (AvgIpc) is 3.12. The first-order valence-electron chi connectivity index (χ1n) is 9.64. The second-order valence-electron chi connectivity index (χ2n) is 8.06. The lowest BCUT2D eigenvalue weighted by Crippen LogP contribution is -2.44. The predicted octanol–water partition coefficient (Wildman–Crippen LogP) is 2.06. The van der Waals surface area contributed by atoms with E-state index < -0.39 is 5.60 Å². The van der Waals surface area contributed by atoms with E-state index >= 15 is 0 Å². The normalized spacial score (nSPS) is 17.9. The van der Waals surface area contributed by atoms with Gasteiger partial charge in [0.1, 0.15) is 5.60 Å². The molecule has 8 heteroatoms. The Morgan fingerprint density at radius 1 is 1.41 bits per heavy atom. The summed E-state index contributed by atoms with van der Waals surface area (Å²) >= 11 is 0. The van der Waals surface area contributed by atoms with Crippen LogP contribution >= 0.6 is 0 Å². The van der Waals surface area contributed by atoms with Crippen molar-refractivity contribution in [3.8, 4) is 0 Å². The second kappa shape index (κ2) is 9.10. The molecule has 0 bridgehead atoms. The third-order valence-corrected chi connectivity index (χ3v) is 4.35. The fourth-order valence-corrected chi connectivity index (χ4v) is 3.21.